The Balaban J connectivity index is 1.84. The number of benzene rings is 3. The van der Waals surface area contributed by atoms with Gasteiger partial charge in [0.25, 0.3) is 5.91 Å². The number of hydrogen-bond donors (Lipinski definition) is 1. The molecule has 3 rings (SSSR count). The van der Waals surface area contributed by atoms with Crippen molar-refractivity contribution in [3.63, 3.8) is 0 Å². The number of nitriles is 1. The number of ether oxygens (including phenoxy) is 2. The van der Waals surface area contributed by atoms with Crippen LogP contribution >= 0.6 is 31.9 Å². The summed E-state index contributed by atoms with van der Waals surface area (Å²) >= 11 is 6.83. The SMILES string of the molecule is COC(=O)c1ccc(NC(=O)/C(C#N)=C/c2cc(Br)cc(Br)c2OCc2cccc(F)c2)cc1. The monoisotopic (exact) mass is 586 g/mol. The molecule has 0 bridgehead atoms. The van der Waals surface area contributed by atoms with Gasteiger partial charge in [-0.25, -0.2) is 9.18 Å². The van der Waals surface area contributed by atoms with Gasteiger partial charge >= 0.3 is 5.97 Å². The van der Waals surface area contributed by atoms with Crippen LogP contribution in [-0.2, 0) is 16.1 Å². The molecule has 6 nitrogen and oxygen atoms in total. The second-order valence-corrected chi connectivity index (χ2v) is 8.69. The van der Waals surface area contributed by atoms with Crippen LogP contribution in [0.25, 0.3) is 6.08 Å². The van der Waals surface area contributed by atoms with Crippen molar-refractivity contribution in [3.05, 3.63) is 97.7 Å². The van der Waals surface area contributed by atoms with Crippen molar-refractivity contribution in [2.75, 3.05) is 12.4 Å². The van der Waals surface area contributed by atoms with Crippen LogP contribution in [0.3, 0.4) is 0 Å². The Morgan fingerprint density at radius 3 is 2.50 bits per heavy atom. The lowest BCUT2D eigenvalue weighted by atomic mass is 10.1. The maximum atomic E-state index is 13.5. The quantitative estimate of drug-likeness (QED) is 0.200. The fraction of sp³-hybridized carbons (Fsp3) is 0.0800. The highest BCUT2D eigenvalue weighted by molar-refractivity contribution is 9.11. The van der Waals surface area contributed by atoms with Gasteiger partial charge in [0.15, 0.2) is 0 Å². The Morgan fingerprint density at radius 1 is 1.12 bits per heavy atom. The highest BCUT2D eigenvalue weighted by Gasteiger charge is 2.15. The number of carbonyl (C=O) groups excluding carboxylic acids is 2. The van der Waals surface area contributed by atoms with Crippen LogP contribution in [0.2, 0.25) is 0 Å². The molecule has 0 unspecified atom stereocenters. The van der Waals surface area contributed by atoms with Gasteiger partial charge in [0.2, 0.25) is 0 Å². The van der Waals surface area contributed by atoms with E-state index >= 15 is 0 Å². The molecule has 0 aromatic heterocycles. The average molecular weight is 588 g/mol. The number of nitrogens with zero attached hydrogens (tertiary/aromatic N) is 1. The van der Waals surface area contributed by atoms with E-state index in [1.807, 2.05) is 6.07 Å². The molecule has 0 aliphatic rings. The van der Waals surface area contributed by atoms with E-state index in [4.69, 9.17) is 4.74 Å². The molecule has 3 aromatic rings. The summed E-state index contributed by atoms with van der Waals surface area (Å²) in [6, 6.07) is 17.4. The summed E-state index contributed by atoms with van der Waals surface area (Å²) in [5.74, 6) is -1.13. The average Bonchev–Trinajstić information content (AvgIpc) is 2.81. The van der Waals surface area contributed by atoms with Crippen LogP contribution in [0.4, 0.5) is 10.1 Å². The lowest BCUT2D eigenvalue weighted by Crippen LogP contribution is -2.13. The molecule has 1 amide bonds. The molecule has 0 aliphatic carbocycles. The van der Waals surface area contributed by atoms with Gasteiger partial charge in [0, 0.05) is 15.7 Å². The predicted octanol–water partition coefficient (Wildman–Crippen LogP) is 6.26. The fourth-order valence-corrected chi connectivity index (χ4v) is 4.30. The Kier molecular flexibility index (Phi) is 8.57. The van der Waals surface area contributed by atoms with Crippen molar-refractivity contribution in [2.45, 2.75) is 6.61 Å². The zero-order valence-corrected chi connectivity index (χ0v) is 20.9. The van der Waals surface area contributed by atoms with E-state index in [1.165, 1.54) is 49.6 Å². The molecule has 0 aliphatic heterocycles. The minimum absolute atomic E-state index is 0.0828. The number of amides is 1. The molecular formula is C25H17Br2FN2O4. The van der Waals surface area contributed by atoms with Gasteiger partial charge in [-0.1, -0.05) is 28.1 Å². The van der Waals surface area contributed by atoms with Gasteiger partial charge < -0.3 is 14.8 Å². The topological polar surface area (TPSA) is 88.4 Å². The summed E-state index contributed by atoms with van der Waals surface area (Å²) < 4.78 is 25.3. The van der Waals surface area contributed by atoms with Gasteiger partial charge in [-0.05, 0) is 76.1 Å². The maximum absolute atomic E-state index is 13.5. The van der Waals surface area contributed by atoms with E-state index in [0.717, 1.165) is 0 Å². The third kappa shape index (κ3) is 6.53. The lowest BCUT2D eigenvalue weighted by Gasteiger charge is -2.13. The number of nitrogens with one attached hydrogen (secondary N) is 1. The third-order valence-electron chi connectivity index (χ3n) is 4.54. The van der Waals surface area contributed by atoms with Crippen LogP contribution in [-0.4, -0.2) is 19.0 Å². The molecule has 0 atom stereocenters. The number of hydrogen-bond acceptors (Lipinski definition) is 5. The van der Waals surface area contributed by atoms with Gasteiger partial charge in [-0.15, -0.1) is 0 Å². The van der Waals surface area contributed by atoms with Crippen LogP contribution in [0, 0.1) is 17.1 Å². The van der Waals surface area contributed by atoms with Crippen molar-refractivity contribution < 1.29 is 23.5 Å². The molecule has 0 saturated heterocycles. The first kappa shape index (κ1) is 25.1. The summed E-state index contributed by atoms with van der Waals surface area (Å²) in [4.78, 5) is 24.3. The van der Waals surface area contributed by atoms with Crippen LogP contribution < -0.4 is 10.1 Å². The summed E-state index contributed by atoms with van der Waals surface area (Å²) in [6.07, 6.45) is 1.40. The van der Waals surface area contributed by atoms with E-state index in [9.17, 15) is 19.2 Å². The largest absolute Gasteiger partial charge is 0.487 e. The molecule has 1 N–H and O–H groups in total. The normalized spacial score (nSPS) is 10.9. The number of anilines is 1. The van der Waals surface area contributed by atoms with Gasteiger partial charge in [0.1, 0.15) is 29.8 Å². The molecule has 34 heavy (non-hydrogen) atoms. The highest BCUT2D eigenvalue weighted by Crippen LogP contribution is 2.35. The molecule has 9 heteroatoms. The molecule has 172 valence electrons. The molecule has 0 radical (unpaired) electrons. The fourth-order valence-electron chi connectivity index (χ4n) is 2.93. The minimum Gasteiger partial charge on any atom is -0.487 e. The summed E-state index contributed by atoms with van der Waals surface area (Å²) in [5, 5.41) is 12.2. The zero-order chi connectivity index (χ0) is 24.7. The van der Waals surface area contributed by atoms with E-state index in [1.54, 1.807) is 24.3 Å². The molecule has 0 saturated carbocycles. The number of rotatable bonds is 7. The van der Waals surface area contributed by atoms with Crippen molar-refractivity contribution in [1.29, 1.82) is 5.26 Å². The van der Waals surface area contributed by atoms with E-state index in [2.05, 4.69) is 41.9 Å². The van der Waals surface area contributed by atoms with E-state index in [-0.39, 0.29) is 18.0 Å². The zero-order valence-electron chi connectivity index (χ0n) is 17.8. The third-order valence-corrected chi connectivity index (χ3v) is 5.58. The molecule has 0 spiro atoms. The van der Waals surface area contributed by atoms with Gasteiger partial charge in [-0.3, -0.25) is 4.79 Å². The van der Waals surface area contributed by atoms with Crippen molar-refractivity contribution in [1.82, 2.24) is 0 Å². The van der Waals surface area contributed by atoms with Crippen LogP contribution in [0.5, 0.6) is 5.75 Å². The lowest BCUT2D eigenvalue weighted by molar-refractivity contribution is -0.112. The van der Waals surface area contributed by atoms with Crippen LogP contribution in [0.15, 0.2) is 75.2 Å². The number of methoxy groups -OCH3 is 1. The Labute approximate surface area is 212 Å². The van der Waals surface area contributed by atoms with Gasteiger partial charge in [0.05, 0.1) is 17.1 Å². The van der Waals surface area contributed by atoms with E-state index < -0.39 is 11.9 Å². The van der Waals surface area contributed by atoms with Crippen molar-refractivity contribution in [3.8, 4) is 11.8 Å². The first-order valence-corrected chi connectivity index (χ1v) is 11.4. The highest BCUT2D eigenvalue weighted by atomic mass is 79.9. The first-order chi connectivity index (χ1) is 16.3. The predicted molar refractivity (Wildman–Crippen MR) is 133 cm³/mol. The van der Waals surface area contributed by atoms with E-state index in [0.29, 0.717) is 37.1 Å². The number of esters is 1. The Bertz CT molecular complexity index is 1300. The Morgan fingerprint density at radius 2 is 1.85 bits per heavy atom. The standard InChI is InChI=1S/C25H17Br2FN2O4/c1-33-25(32)16-5-7-21(8-6-16)30-24(31)18(13-29)10-17-11-19(26)12-22(27)23(17)34-14-15-3-2-4-20(28)9-15/h2-12H,14H2,1H3,(H,30,31)/b18-10+. The Hall–Kier alpha value is -3.48. The number of carbonyl (C=O) groups is 2. The van der Waals surface area contributed by atoms with Crippen molar-refractivity contribution in [2.24, 2.45) is 0 Å². The minimum atomic E-state index is -0.638. The molecule has 0 heterocycles. The van der Waals surface area contributed by atoms with Gasteiger partial charge in [-0.2, -0.15) is 5.26 Å². The molecule has 3 aromatic carbocycles. The second-order valence-electron chi connectivity index (χ2n) is 6.92. The smallest absolute Gasteiger partial charge is 0.337 e. The van der Waals surface area contributed by atoms with Crippen LogP contribution in [0.1, 0.15) is 21.5 Å². The number of halogens is 3. The molecule has 0 fully saturated rings. The molecular weight excluding hydrogens is 571 g/mol. The first-order valence-electron chi connectivity index (χ1n) is 9.78. The van der Waals surface area contributed by atoms with Crippen molar-refractivity contribution >= 4 is 55.5 Å². The summed E-state index contributed by atoms with van der Waals surface area (Å²) in [6.45, 7) is 0.0828. The summed E-state index contributed by atoms with van der Waals surface area (Å²) in [7, 11) is 1.28. The maximum Gasteiger partial charge on any atom is 0.337 e. The summed E-state index contributed by atoms with van der Waals surface area (Å²) in [5.41, 5.74) is 1.65. The second kappa shape index (κ2) is 11.6.